The zero-order valence-electron chi connectivity index (χ0n) is 9.41. The molecular weight excluding hydrogens is 224 g/mol. The van der Waals surface area contributed by atoms with Crippen LogP contribution < -0.4 is 4.74 Å². The summed E-state index contributed by atoms with van der Waals surface area (Å²) in [5.74, 6) is -0.0565. The van der Waals surface area contributed by atoms with Crippen LogP contribution in [-0.2, 0) is 0 Å². The summed E-state index contributed by atoms with van der Waals surface area (Å²) in [6.45, 7) is 0.246. The molecule has 0 spiro atoms. The quantitative estimate of drug-likeness (QED) is 0.709. The zero-order chi connectivity index (χ0) is 12.4. The number of rotatable bonds is 2. The van der Waals surface area contributed by atoms with Crippen molar-refractivity contribution in [2.75, 3.05) is 20.2 Å². The van der Waals surface area contributed by atoms with E-state index in [4.69, 9.17) is 4.74 Å². The Kier molecular flexibility index (Phi) is 3.26. The first-order valence-corrected chi connectivity index (χ1v) is 5.28. The van der Waals surface area contributed by atoms with Gasteiger partial charge in [0.25, 0.3) is 5.91 Å². The molecule has 1 aromatic rings. The highest BCUT2D eigenvalue weighted by Gasteiger charge is 2.33. The van der Waals surface area contributed by atoms with E-state index in [-0.39, 0.29) is 24.9 Å². The third-order valence-corrected chi connectivity index (χ3v) is 2.74. The Morgan fingerprint density at radius 2 is 2.12 bits per heavy atom. The number of amides is 1. The smallest absolute Gasteiger partial charge is 0.259 e. The molecule has 1 aliphatic heterocycles. The normalized spacial score (nSPS) is 23.8. The number of aliphatic hydroxyl groups is 2. The Balaban J connectivity index is 2.20. The fraction of sp³-hybridized carbons (Fsp3) is 0.455. The minimum atomic E-state index is -0.887. The first kappa shape index (κ1) is 11.8. The van der Waals surface area contributed by atoms with E-state index in [0.29, 0.717) is 5.56 Å². The Bertz CT molecular complexity index is 414. The first-order chi connectivity index (χ1) is 8.13. The second-order valence-electron chi connectivity index (χ2n) is 3.91. The van der Waals surface area contributed by atoms with Crippen molar-refractivity contribution in [2.24, 2.45) is 0 Å². The van der Waals surface area contributed by atoms with Gasteiger partial charge < -0.3 is 19.8 Å². The number of hydrogen-bond donors (Lipinski definition) is 2. The van der Waals surface area contributed by atoms with Crippen LogP contribution in [0, 0.1) is 0 Å². The lowest BCUT2D eigenvalue weighted by Gasteiger charge is -2.16. The highest BCUT2D eigenvalue weighted by Crippen LogP contribution is 2.19. The van der Waals surface area contributed by atoms with Crippen LogP contribution in [0.5, 0.6) is 5.88 Å². The molecule has 6 nitrogen and oxygen atoms in total. The number of aromatic nitrogens is 1. The molecule has 0 aromatic carbocycles. The van der Waals surface area contributed by atoms with Gasteiger partial charge in [-0.25, -0.2) is 4.98 Å². The zero-order valence-corrected chi connectivity index (χ0v) is 9.41. The molecule has 0 saturated carbocycles. The molecular formula is C11H14N2O4. The van der Waals surface area contributed by atoms with E-state index in [1.54, 1.807) is 12.1 Å². The number of aliphatic hydroxyl groups excluding tert-OH is 2. The van der Waals surface area contributed by atoms with Crippen LogP contribution in [0.2, 0.25) is 0 Å². The number of carbonyl (C=O) groups excluding carboxylic acids is 1. The van der Waals surface area contributed by atoms with Crippen LogP contribution in [0.25, 0.3) is 0 Å². The molecule has 17 heavy (non-hydrogen) atoms. The highest BCUT2D eigenvalue weighted by molar-refractivity contribution is 5.96. The second-order valence-corrected chi connectivity index (χ2v) is 3.91. The summed E-state index contributed by atoms with van der Waals surface area (Å²) in [7, 11) is 1.44. The lowest BCUT2D eigenvalue weighted by Crippen LogP contribution is -2.30. The third kappa shape index (κ3) is 2.22. The predicted octanol–water partition coefficient (Wildman–Crippen LogP) is -0.732. The molecule has 2 heterocycles. The molecule has 0 radical (unpaired) electrons. The average Bonchev–Trinajstić information content (AvgIpc) is 2.68. The van der Waals surface area contributed by atoms with Crippen molar-refractivity contribution >= 4 is 5.91 Å². The van der Waals surface area contributed by atoms with Crippen molar-refractivity contribution < 1.29 is 19.7 Å². The molecule has 1 saturated heterocycles. The van der Waals surface area contributed by atoms with Crippen LogP contribution in [0.1, 0.15) is 10.4 Å². The van der Waals surface area contributed by atoms with Gasteiger partial charge in [0.2, 0.25) is 5.88 Å². The maximum absolute atomic E-state index is 12.1. The van der Waals surface area contributed by atoms with Gasteiger partial charge in [-0.05, 0) is 12.1 Å². The number of nitrogens with zero attached hydrogens (tertiary/aromatic N) is 2. The van der Waals surface area contributed by atoms with Gasteiger partial charge in [0.15, 0.2) is 0 Å². The van der Waals surface area contributed by atoms with Crippen molar-refractivity contribution in [3.63, 3.8) is 0 Å². The van der Waals surface area contributed by atoms with Crippen molar-refractivity contribution in [3.8, 4) is 5.88 Å². The summed E-state index contributed by atoms with van der Waals surface area (Å²) in [6.07, 6.45) is -0.244. The van der Waals surface area contributed by atoms with Crippen LogP contribution in [-0.4, -0.2) is 58.4 Å². The standard InChI is InChI=1S/C11H14N2O4/c1-17-10-7(3-2-4-12-10)11(16)13-5-8(14)9(15)6-13/h2-4,8-9,14-15H,5-6H2,1H3/t8-,9+. The molecule has 0 aliphatic carbocycles. The fourth-order valence-corrected chi connectivity index (χ4v) is 1.82. The molecule has 1 aromatic heterocycles. The lowest BCUT2D eigenvalue weighted by atomic mass is 10.2. The van der Waals surface area contributed by atoms with E-state index in [0.717, 1.165) is 0 Å². The number of ether oxygens (including phenoxy) is 1. The largest absolute Gasteiger partial charge is 0.480 e. The summed E-state index contributed by atoms with van der Waals surface area (Å²) < 4.78 is 5.00. The minimum absolute atomic E-state index is 0.123. The molecule has 2 N–H and O–H groups in total. The molecule has 6 heteroatoms. The average molecular weight is 238 g/mol. The Hall–Kier alpha value is -1.66. The number of hydrogen-bond acceptors (Lipinski definition) is 5. The molecule has 92 valence electrons. The summed E-state index contributed by atoms with van der Waals surface area (Å²) in [5, 5.41) is 18.8. The van der Waals surface area contributed by atoms with E-state index in [2.05, 4.69) is 4.98 Å². The predicted molar refractivity (Wildman–Crippen MR) is 58.7 cm³/mol. The molecule has 1 amide bonds. The highest BCUT2D eigenvalue weighted by atomic mass is 16.5. The Morgan fingerprint density at radius 3 is 2.71 bits per heavy atom. The summed E-state index contributed by atoms with van der Waals surface area (Å²) in [5.41, 5.74) is 0.330. The summed E-state index contributed by atoms with van der Waals surface area (Å²) in [4.78, 5) is 17.4. The number of pyridine rings is 1. The van der Waals surface area contributed by atoms with Crippen LogP contribution >= 0.6 is 0 Å². The number of β-amino-alcohol motifs (C(OH)–C–C–N with tert-alkyl or cyclic N) is 2. The van der Waals surface area contributed by atoms with Gasteiger partial charge in [-0.3, -0.25) is 4.79 Å². The van der Waals surface area contributed by atoms with Gasteiger partial charge in [-0.2, -0.15) is 0 Å². The van der Waals surface area contributed by atoms with Gasteiger partial charge >= 0.3 is 0 Å². The fourth-order valence-electron chi connectivity index (χ4n) is 1.82. The third-order valence-electron chi connectivity index (χ3n) is 2.74. The van der Waals surface area contributed by atoms with Crippen molar-refractivity contribution in [1.29, 1.82) is 0 Å². The minimum Gasteiger partial charge on any atom is -0.480 e. The van der Waals surface area contributed by atoms with E-state index in [9.17, 15) is 15.0 Å². The monoisotopic (exact) mass is 238 g/mol. The van der Waals surface area contributed by atoms with E-state index in [1.165, 1.54) is 18.2 Å². The molecule has 1 fully saturated rings. The molecule has 1 aliphatic rings. The van der Waals surface area contributed by atoms with E-state index < -0.39 is 12.2 Å². The summed E-state index contributed by atoms with van der Waals surface area (Å²) in [6, 6.07) is 3.24. The van der Waals surface area contributed by atoms with E-state index >= 15 is 0 Å². The van der Waals surface area contributed by atoms with Gasteiger partial charge in [-0.15, -0.1) is 0 Å². The SMILES string of the molecule is COc1ncccc1C(=O)N1C[C@@H](O)[C@@H](O)C1. The Labute approximate surface area is 98.5 Å². The first-order valence-electron chi connectivity index (χ1n) is 5.28. The maximum Gasteiger partial charge on any atom is 0.259 e. The number of carbonyl (C=O) groups is 1. The molecule has 0 unspecified atom stereocenters. The second kappa shape index (κ2) is 4.68. The van der Waals surface area contributed by atoms with Crippen molar-refractivity contribution in [3.05, 3.63) is 23.9 Å². The molecule has 0 bridgehead atoms. The van der Waals surface area contributed by atoms with Crippen molar-refractivity contribution in [1.82, 2.24) is 9.88 Å². The van der Waals surface area contributed by atoms with Crippen molar-refractivity contribution in [2.45, 2.75) is 12.2 Å². The van der Waals surface area contributed by atoms with Gasteiger partial charge in [0, 0.05) is 19.3 Å². The van der Waals surface area contributed by atoms with Gasteiger partial charge in [0.05, 0.1) is 19.3 Å². The maximum atomic E-state index is 12.1. The van der Waals surface area contributed by atoms with Gasteiger partial charge in [-0.1, -0.05) is 0 Å². The van der Waals surface area contributed by atoms with E-state index in [1.807, 2.05) is 0 Å². The van der Waals surface area contributed by atoms with Crippen LogP contribution in [0.15, 0.2) is 18.3 Å². The van der Waals surface area contributed by atoms with Crippen LogP contribution in [0.4, 0.5) is 0 Å². The Morgan fingerprint density at radius 1 is 1.47 bits per heavy atom. The molecule has 2 rings (SSSR count). The van der Waals surface area contributed by atoms with Crippen LogP contribution in [0.3, 0.4) is 0 Å². The lowest BCUT2D eigenvalue weighted by molar-refractivity contribution is 0.0572. The van der Waals surface area contributed by atoms with Gasteiger partial charge in [0.1, 0.15) is 5.56 Å². The topological polar surface area (TPSA) is 82.9 Å². The number of likely N-dealkylation sites (tertiary alicyclic amines) is 1. The molecule has 2 atom stereocenters. The summed E-state index contributed by atoms with van der Waals surface area (Å²) >= 11 is 0. The number of methoxy groups -OCH3 is 1.